The Morgan fingerprint density at radius 2 is 2.20 bits per heavy atom. The van der Waals surface area contributed by atoms with Gasteiger partial charge in [-0.2, -0.15) is 4.98 Å². The molecule has 0 aliphatic heterocycles. The Morgan fingerprint density at radius 1 is 1.40 bits per heavy atom. The average Bonchev–Trinajstić information content (AvgIpc) is 2.65. The molecule has 2 rings (SSSR count). The first-order chi connectivity index (χ1) is 7.20. The van der Waals surface area contributed by atoms with Crippen LogP contribution in [0.15, 0.2) is 22.7 Å². The molecule has 5 heteroatoms. The van der Waals surface area contributed by atoms with E-state index < -0.39 is 5.82 Å². The van der Waals surface area contributed by atoms with Crippen molar-refractivity contribution in [2.75, 3.05) is 7.11 Å². The van der Waals surface area contributed by atoms with Crippen molar-refractivity contribution >= 4 is 0 Å². The SMILES string of the molecule is COc1ccc(-c2nc(C)no2)cc1F. The number of nitrogens with zero attached hydrogens (tertiary/aromatic N) is 2. The van der Waals surface area contributed by atoms with Gasteiger partial charge in [-0.3, -0.25) is 0 Å². The number of hydrogen-bond acceptors (Lipinski definition) is 4. The Bertz CT molecular complexity index is 482. The number of aryl methyl sites for hydroxylation is 1. The van der Waals surface area contributed by atoms with E-state index in [1.165, 1.54) is 19.2 Å². The van der Waals surface area contributed by atoms with Gasteiger partial charge >= 0.3 is 0 Å². The molecule has 1 aromatic heterocycles. The van der Waals surface area contributed by atoms with Crippen LogP contribution in [0.25, 0.3) is 11.5 Å². The lowest BCUT2D eigenvalue weighted by atomic mass is 10.2. The minimum atomic E-state index is -0.453. The molecule has 2 aromatic rings. The number of hydrogen-bond donors (Lipinski definition) is 0. The molecule has 1 aromatic carbocycles. The average molecular weight is 208 g/mol. The zero-order chi connectivity index (χ0) is 10.8. The summed E-state index contributed by atoms with van der Waals surface area (Å²) in [5.41, 5.74) is 0.536. The summed E-state index contributed by atoms with van der Waals surface area (Å²) in [5, 5.41) is 3.63. The maximum Gasteiger partial charge on any atom is 0.258 e. The third-order valence-corrected chi connectivity index (χ3v) is 1.93. The number of rotatable bonds is 2. The fourth-order valence-corrected chi connectivity index (χ4v) is 1.21. The van der Waals surface area contributed by atoms with Gasteiger partial charge in [0.05, 0.1) is 7.11 Å². The van der Waals surface area contributed by atoms with Gasteiger partial charge in [0.15, 0.2) is 17.4 Å². The molecule has 0 saturated carbocycles. The van der Waals surface area contributed by atoms with E-state index in [0.29, 0.717) is 17.3 Å². The van der Waals surface area contributed by atoms with Crippen LogP contribution < -0.4 is 4.74 Å². The smallest absolute Gasteiger partial charge is 0.258 e. The Hall–Kier alpha value is -1.91. The van der Waals surface area contributed by atoms with Gasteiger partial charge in [0.2, 0.25) is 0 Å². The van der Waals surface area contributed by atoms with E-state index in [9.17, 15) is 4.39 Å². The van der Waals surface area contributed by atoms with Crippen molar-refractivity contribution < 1.29 is 13.7 Å². The molecule has 0 aliphatic rings. The van der Waals surface area contributed by atoms with Crippen LogP contribution in [0.1, 0.15) is 5.82 Å². The van der Waals surface area contributed by atoms with E-state index >= 15 is 0 Å². The van der Waals surface area contributed by atoms with Gasteiger partial charge in [-0.1, -0.05) is 5.16 Å². The van der Waals surface area contributed by atoms with Crippen LogP contribution in [-0.2, 0) is 0 Å². The molecule has 0 atom stereocenters. The van der Waals surface area contributed by atoms with Gasteiger partial charge in [-0.15, -0.1) is 0 Å². The van der Waals surface area contributed by atoms with E-state index in [2.05, 4.69) is 10.1 Å². The summed E-state index contributed by atoms with van der Waals surface area (Å²) in [7, 11) is 1.41. The van der Waals surface area contributed by atoms with Crippen LogP contribution in [0, 0.1) is 12.7 Å². The highest BCUT2D eigenvalue weighted by atomic mass is 19.1. The number of halogens is 1. The summed E-state index contributed by atoms with van der Waals surface area (Å²) in [5.74, 6) is 0.552. The molecule has 1 heterocycles. The summed E-state index contributed by atoms with van der Waals surface area (Å²) in [6.45, 7) is 1.70. The molecule has 0 aliphatic carbocycles. The predicted octanol–water partition coefficient (Wildman–Crippen LogP) is 2.19. The zero-order valence-electron chi connectivity index (χ0n) is 8.32. The van der Waals surface area contributed by atoms with Crippen molar-refractivity contribution in [1.82, 2.24) is 10.1 Å². The number of methoxy groups -OCH3 is 1. The fraction of sp³-hybridized carbons (Fsp3) is 0.200. The largest absolute Gasteiger partial charge is 0.494 e. The first-order valence-corrected chi connectivity index (χ1v) is 4.35. The van der Waals surface area contributed by atoms with E-state index in [0.717, 1.165) is 0 Å². The summed E-state index contributed by atoms with van der Waals surface area (Å²) < 4.78 is 23.0. The monoisotopic (exact) mass is 208 g/mol. The van der Waals surface area contributed by atoms with Crippen LogP contribution in [-0.4, -0.2) is 17.3 Å². The maximum atomic E-state index is 13.3. The summed E-state index contributed by atoms with van der Waals surface area (Å²) >= 11 is 0. The topological polar surface area (TPSA) is 48.2 Å². The van der Waals surface area contributed by atoms with Crippen LogP contribution in [0.3, 0.4) is 0 Å². The van der Waals surface area contributed by atoms with Crippen molar-refractivity contribution in [3.05, 3.63) is 29.8 Å². The molecular formula is C10H9FN2O2. The minimum absolute atomic E-state index is 0.190. The lowest BCUT2D eigenvalue weighted by Crippen LogP contribution is -1.88. The van der Waals surface area contributed by atoms with Gasteiger partial charge in [-0.05, 0) is 25.1 Å². The highest BCUT2D eigenvalue weighted by Crippen LogP contribution is 2.23. The highest BCUT2D eigenvalue weighted by molar-refractivity contribution is 5.54. The molecule has 0 spiro atoms. The van der Waals surface area contributed by atoms with E-state index in [1.54, 1.807) is 13.0 Å². The van der Waals surface area contributed by atoms with Crippen LogP contribution in [0.4, 0.5) is 4.39 Å². The first kappa shape index (κ1) is 9.64. The quantitative estimate of drug-likeness (QED) is 0.759. The molecule has 0 fully saturated rings. The van der Waals surface area contributed by atoms with Crippen LogP contribution in [0.5, 0.6) is 5.75 Å². The van der Waals surface area contributed by atoms with Crippen LogP contribution >= 0.6 is 0 Å². The molecule has 78 valence electrons. The molecule has 0 bridgehead atoms. The Morgan fingerprint density at radius 3 is 2.73 bits per heavy atom. The van der Waals surface area contributed by atoms with Crippen molar-refractivity contribution in [2.24, 2.45) is 0 Å². The Kier molecular flexibility index (Phi) is 2.37. The van der Waals surface area contributed by atoms with Gasteiger partial charge in [0, 0.05) is 5.56 Å². The molecule has 4 nitrogen and oxygen atoms in total. The standard InChI is InChI=1S/C10H9FN2O2/c1-6-12-10(15-13-6)7-3-4-9(14-2)8(11)5-7/h3-5H,1-2H3. The number of benzene rings is 1. The Labute approximate surface area is 85.7 Å². The second kappa shape index (κ2) is 3.68. The van der Waals surface area contributed by atoms with Gasteiger partial charge in [0.1, 0.15) is 0 Å². The van der Waals surface area contributed by atoms with E-state index in [4.69, 9.17) is 9.26 Å². The molecule has 15 heavy (non-hydrogen) atoms. The predicted molar refractivity (Wildman–Crippen MR) is 51.0 cm³/mol. The first-order valence-electron chi connectivity index (χ1n) is 4.35. The van der Waals surface area contributed by atoms with Crippen molar-refractivity contribution in [2.45, 2.75) is 6.92 Å². The van der Waals surface area contributed by atoms with Crippen molar-refractivity contribution in [3.8, 4) is 17.2 Å². The molecule has 0 N–H and O–H groups in total. The highest BCUT2D eigenvalue weighted by Gasteiger charge is 2.09. The van der Waals surface area contributed by atoms with Gasteiger partial charge < -0.3 is 9.26 Å². The Balaban J connectivity index is 2.42. The third-order valence-electron chi connectivity index (χ3n) is 1.93. The molecule has 0 amide bonds. The normalized spacial score (nSPS) is 10.3. The summed E-state index contributed by atoms with van der Waals surface area (Å²) in [4.78, 5) is 3.99. The lowest BCUT2D eigenvalue weighted by molar-refractivity contribution is 0.386. The number of ether oxygens (including phenoxy) is 1. The van der Waals surface area contributed by atoms with E-state index in [-0.39, 0.29) is 5.75 Å². The van der Waals surface area contributed by atoms with E-state index in [1.807, 2.05) is 0 Å². The fourth-order valence-electron chi connectivity index (χ4n) is 1.21. The summed E-state index contributed by atoms with van der Waals surface area (Å²) in [6, 6.07) is 4.48. The van der Waals surface area contributed by atoms with Crippen molar-refractivity contribution in [3.63, 3.8) is 0 Å². The second-order valence-electron chi connectivity index (χ2n) is 3.00. The maximum absolute atomic E-state index is 13.3. The van der Waals surface area contributed by atoms with Gasteiger partial charge in [0.25, 0.3) is 5.89 Å². The molecule has 0 radical (unpaired) electrons. The molecule has 0 unspecified atom stereocenters. The third kappa shape index (κ3) is 1.81. The van der Waals surface area contributed by atoms with Crippen molar-refractivity contribution in [1.29, 1.82) is 0 Å². The second-order valence-corrected chi connectivity index (χ2v) is 3.00. The zero-order valence-corrected chi connectivity index (χ0v) is 8.32. The van der Waals surface area contributed by atoms with Gasteiger partial charge in [-0.25, -0.2) is 4.39 Å². The molecular weight excluding hydrogens is 199 g/mol. The number of aromatic nitrogens is 2. The summed E-state index contributed by atoms with van der Waals surface area (Å²) in [6.07, 6.45) is 0. The lowest BCUT2D eigenvalue weighted by Gasteiger charge is -2.01. The minimum Gasteiger partial charge on any atom is -0.494 e. The molecule has 0 saturated heterocycles. The van der Waals surface area contributed by atoms with Crippen LogP contribution in [0.2, 0.25) is 0 Å².